The molecule has 0 atom stereocenters. The molecule has 1 aliphatic carbocycles. The zero-order chi connectivity index (χ0) is 16.7. The normalized spacial score (nSPS) is 12.4. The van der Waals surface area contributed by atoms with Crippen molar-refractivity contribution in [2.75, 3.05) is 12.8 Å². The number of hydrogen-bond donors (Lipinski definition) is 1. The Hall–Kier alpha value is -2.95. The minimum absolute atomic E-state index is 0.184. The van der Waals surface area contributed by atoms with E-state index in [0.717, 1.165) is 52.2 Å². The Morgan fingerprint density at radius 1 is 1.04 bits per heavy atom. The van der Waals surface area contributed by atoms with Crippen molar-refractivity contribution in [3.63, 3.8) is 0 Å². The minimum atomic E-state index is -0.276. The first kappa shape index (κ1) is 14.6. The number of aromatic nitrogens is 2. The van der Waals surface area contributed by atoms with Gasteiger partial charge in [-0.05, 0) is 42.7 Å². The molecule has 0 saturated heterocycles. The van der Waals surface area contributed by atoms with Gasteiger partial charge in [0.05, 0.1) is 18.5 Å². The van der Waals surface area contributed by atoms with Crippen LogP contribution >= 0.6 is 0 Å². The van der Waals surface area contributed by atoms with Crippen molar-refractivity contribution in [3.8, 4) is 28.3 Å². The first-order chi connectivity index (χ1) is 11.7. The Balaban J connectivity index is 1.96. The van der Waals surface area contributed by atoms with Gasteiger partial charge in [0.25, 0.3) is 0 Å². The van der Waals surface area contributed by atoms with Crippen LogP contribution in [0.5, 0.6) is 5.75 Å². The number of fused-ring (bicyclic) bond motifs is 3. The van der Waals surface area contributed by atoms with Gasteiger partial charge in [-0.15, -0.1) is 0 Å². The predicted octanol–water partition coefficient (Wildman–Crippen LogP) is 3.64. The molecule has 3 aromatic rings. The molecule has 4 rings (SSSR count). The number of benzene rings is 2. The number of methoxy groups -OCH3 is 1. The predicted molar refractivity (Wildman–Crippen MR) is 91.2 cm³/mol. The second-order valence-corrected chi connectivity index (χ2v) is 5.79. The van der Waals surface area contributed by atoms with Crippen molar-refractivity contribution >= 4 is 5.95 Å². The number of anilines is 1. The molecule has 24 heavy (non-hydrogen) atoms. The molecule has 2 aromatic carbocycles. The lowest BCUT2D eigenvalue weighted by Gasteiger charge is -2.21. The molecule has 0 radical (unpaired) electrons. The van der Waals surface area contributed by atoms with E-state index in [1.165, 1.54) is 12.1 Å². The Morgan fingerprint density at radius 3 is 2.71 bits per heavy atom. The maximum atomic E-state index is 13.7. The fourth-order valence-electron chi connectivity index (χ4n) is 3.22. The summed E-state index contributed by atoms with van der Waals surface area (Å²) < 4.78 is 19.0. The van der Waals surface area contributed by atoms with Crippen LogP contribution in [0.25, 0.3) is 22.5 Å². The topological polar surface area (TPSA) is 61.0 Å². The largest absolute Gasteiger partial charge is 0.497 e. The van der Waals surface area contributed by atoms with Crippen LogP contribution in [-0.2, 0) is 12.8 Å². The molecule has 2 N–H and O–H groups in total. The van der Waals surface area contributed by atoms with E-state index in [2.05, 4.69) is 9.97 Å². The van der Waals surface area contributed by atoms with Gasteiger partial charge in [-0.25, -0.2) is 14.4 Å². The molecule has 0 spiro atoms. The van der Waals surface area contributed by atoms with Gasteiger partial charge in [-0.3, -0.25) is 0 Å². The Morgan fingerprint density at radius 2 is 1.88 bits per heavy atom. The number of aryl methyl sites for hydroxylation is 1. The van der Waals surface area contributed by atoms with Gasteiger partial charge in [-0.2, -0.15) is 0 Å². The zero-order valence-electron chi connectivity index (χ0n) is 13.2. The van der Waals surface area contributed by atoms with Crippen molar-refractivity contribution in [3.05, 3.63) is 59.4 Å². The molecule has 0 aliphatic heterocycles. The summed E-state index contributed by atoms with van der Waals surface area (Å²) in [6, 6.07) is 12.5. The van der Waals surface area contributed by atoms with E-state index in [1.807, 2.05) is 30.3 Å². The van der Waals surface area contributed by atoms with Gasteiger partial charge in [0.2, 0.25) is 5.95 Å². The zero-order valence-corrected chi connectivity index (χ0v) is 13.2. The van der Waals surface area contributed by atoms with Gasteiger partial charge in [0.15, 0.2) is 0 Å². The monoisotopic (exact) mass is 321 g/mol. The maximum Gasteiger partial charge on any atom is 0.221 e. The Bertz CT molecular complexity index is 940. The highest BCUT2D eigenvalue weighted by molar-refractivity contribution is 5.78. The first-order valence-electron chi connectivity index (χ1n) is 7.75. The third-order valence-electron chi connectivity index (χ3n) is 4.34. The quantitative estimate of drug-likeness (QED) is 0.783. The molecule has 1 heterocycles. The van der Waals surface area contributed by atoms with Gasteiger partial charge < -0.3 is 10.5 Å². The van der Waals surface area contributed by atoms with E-state index >= 15 is 0 Å². The van der Waals surface area contributed by atoms with Crippen LogP contribution < -0.4 is 10.5 Å². The average Bonchev–Trinajstić information content (AvgIpc) is 2.61. The van der Waals surface area contributed by atoms with Crippen molar-refractivity contribution in [2.24, 2.45) is 0 Å². The summed E-state index contributed by atoms with van der Waals surface area (Å²) in [5.41, 5.74) is 11.2. The highest BCUT2D eigenvalue weighted by atomic mass is 19.1. The molecule has 1 aromatic heterocycles. The van der Waals surface area contributed by atoms with Crippen LogP contribution in [0.15, 0.2) is 42.5 Å². The van der Waals surface area contributed by atoms with Crippen LogP contribution in [0.4, 0.5) is 10.3 Å². The number of nitrogens with zero attached hydrogens (tertiary/aromatic N) is 2. The molecule has 0 bridgehead atoms. The number of hydrogen-bond acceptors (Lipinski definition) is 4. The molecule has 0 fully saturated rings. The van der Waals surface area contributed by atoms with E-state index in [4.69, 9.17) is 10.5 Å². The number of nitrogens with two attached hydrogens (primary N) is 1. The molecule has 0 amide bonds. The smallest absolute Gasteiger partial charge is 0.221 e. The second-order valence-electron chi connectivity index (χ2n) is 5.79. The van der Waals surface area contributed by atoms with Crippen molar-refractivity contribution in [1.82, 2.24) is 9.97 Å². The van der Waals surface area contributed by atoms with Gasteiger partial charge in [0, 0.05) is 16.7 Å². The molecular formula is C19H16FN3O. The lowest BCUT2D eigenvalue weighted by atomic mass is 9.87. The Labute approximate surface area is 139 Å². The molecule has 1 aliphatic rings. The van der Waals surface area contributed by atoms with E-state index in [0.29, 0.717) is 0 Å². The van der Waals surface area contributed by atoms with Gasteiger partial charge in [0.1, 0.15) is 11.6 Å². The summed E-state index contributed by atoms with van der Waals surface area (Å²) in [7, 11) is 1.63. The van der Waals surface area contributed by atoms with Crippen molar-refractivity contribution in [1.29, 1.82) is 0 Å². The van der Waals surface area contributed by atoms with E-state index in [-0.39, 0.29) is 11.8 Å². The van der Waals surface area contributed by atoms with Crippen molar-refractivity contribution in [2.45, 2.75) is 12.8 Å². The summed E-state index contributed by atoms with van der Waals surface area (Å²) in [6.45, 7) is 0. The maximum absolute atomic E-state index is 13.7. The average molecular weight is 321 g/mol. The lowest BCUT2D eigenvalue weighted by molar-refractivity contribution is 0.415. The number of rotatable bonds is 2. The summed E-state index contributed by atoms with van der Waals surface area (Å²) >= 11 is 0. The SMILES string of the molecule is COc1cccc(-c2nc(N)nc3c2CCc2ccc(F)cc2-3)c1. The summed E-state index contributed by atoms with van der Waals surface area (Å²) in [5, 5.41) is 0. The minimum Gasteiger partial charge on any atom is -0.497 e. The number of ether oxygens (including phenoxy) is 1. The van der Waals surface area contributed by atoms with Crippen LogP contribution in [0, 0.1) is 5.82 Å². The second kappa shape index (κ2) is 5.60. The number of nitrogen functional groups attached to an aromatic ring is 1. The van der Waals surface area contributed by atoms with Gasteiger partial charge >= 0.3 is 0 Å². The van der Waals surface area contributed by atoms with E-state index in [9.17, 15) is 4.39 Å². The highest BCUT2D eigenvalue weighted by Crippen LogP contribution is 2.38. The van der Waals surface area contributed by atoms with Gasteiger partial charge in [-0.1, -0.05) is 18.2 Å². The number of halogens is 1. The third kappa shape index (κ3) is 2.38. The third-order valence-corrected chi connectivity index (χ3v) is 4.34. The molecular weight excluding hydrogens is 305 g/mol. The van der Waals surface area contributed by atoms with E-state index in [1.54, 1.807) is 7.11 Å². The molecule has 0 saturated carbocycles. The van der Waals surface area contributed by atoms with Crippen molar-refractivity contribution < 1.29 is 9.13 Å². The van der Waals surface area contributed by atoms with E-state index < -0.39 is 0 Å². The Kier molecular flexibility index (Phi) is 3.41. The molecule has 4 nitrogen and oxygen atoms in total. The van der Waals surface area contributed by atoms with Crippen LogP contribution in [0.3, 0.4) is 0 Å². The summed E-state index contributed by atoms with van der Waals surface area (Å²) in [6.07, 6.45) is 1.62. The first-order valence-corrected chi connectivity index (χ1v) is 7.75. The highest BCUT2D eigenvalue weighted by Gasteiger charge is 2.23. The summed E-state index contributed by atoms with van der Waals surface area (Å²) in [4.78, 5) is 8.84. The fourth-order valence-corrected chi connectivity index (χ4v) is 3.22. The summed E-state index contributed by atoms with van der Waals surface area (Å²) in [5.74, 6) is 0.658. The fraction of sp³-hybridized carbons (Fsp3) is 0.158. The van der Waals surface area contributed by atoms with Crippen LogP contribution in [0.1, 0.15) is 11.1 Å². The lowest BCUT2D eigenvalue weighted by Crippen LogP contribution is -2.11. The van der Waals surface area contributed by atoms with Crippen LogP contribution in [-0.4, -0.2) is 17.1 Å². The molecule has 120 valence electrons. The standard InChI is InChI=1S/C19H16FN3O/c1-24-14-4-2-3-12(9-14)17-15-8-6-11-5-7-13(20)10-16(11)18(15)23-19(21)22-17/h2-5,7,9-10H,6,8H2,1H3,(H2,21,22,23). The molecule has 5 heteroatoms. The molecule has 0 unspecified atom stereocenters. The van der Waals surface area contributed by atoms with Crippen LogP contribution in [0.2, 0.25) is 0 Å².